The fraction of sp³-hybridized carbons (Fsp3) is 0.227. The number of ether oxygens (including phenoxy) is 2. The number of halogens is 1. The standard InChI is InChI=1S/C22H19FN2O4S/c1-28-9-8-21-24-17(13-30-21)15-4-7-20-18(10-15)25(22(27)12-29-20)11-19(26)14-2-5-16(23)6-3-14/h2-7,10,13H,8-9,11-12H2,1H3. The Bertz CT molecular complexity index is 1080. The minimum atomic E-state index is -0.419. The van der Waals surface area contributed by atoms with Crippen LogP contribution < -0.4 is 9.64 Å². The van der Waals surface area contributed by atoms with Gasteiger partial charge in [0, 0.05) is 30.0 Å². The Morgan fingerprint density at radius 3 is 2.83 bits per heavy atom. The molecule has 1 aromatic heterocycles. The normalized spacial score (nSPS) is 13.1. The molecule has 2 aromatic carbocycles. The number of anilines is 1. The largest absolute Gasteiger partial charge is 0.482 e. The number of fused-ring (bicyclic) bond motifs is 1. The van der Waals surface area contributed by atoms with Crippen molar-refractivity contribution in [3.05, 3.63) is 64.2 Å². The van der Waals surface area contributed by atoms with E-state index in [4.69, 9.17) is 9.47 Å². The summed E-state index contributed by atoms with van der Waals surface area (Å²) in [5, 5.41) is 2.91. The predicted molar refractivity (Wildman–Crippen MR) is 112 cm³/mol. The van der Waals surface area contributed by atoms with Crippen molar-refractivity contribution in [2.24, 2.45) is 0 Å². The van der Waals surface area contributed by atoms with Gasteiger partial charge in [0.1, 0.15) is 11.6 Å². The van der Waals surface area contributed by atoms with Crippen LogP contribution in [0.3, 0.4) is 0 Å². The van der Waals surface area contributed by atoms with Crippen LogP contribution in [0, 0.1) is 5.82 Å². The first-order valence-electron chi connectivity index (χ1n) is 9.35. The fourth-order valence-corrected chi connectivity index (χ4v) is 3.94. The number of Topliss-reactive ketones (excluding diaryl/α,β-unsaturated/α-hetero) is 1. The molecule has 3 aromatic rings. The zero-order chi connectivity index (χ0) is 21.1. The van der Waals surface area contributed by atoms with Crippen LogP contribution in [0.25, 0.3) is 11.3 Å². The van der Waals surface area contributed by atoms with Crippen LogP contribution in [-0.2, 0) is 16.0 Å². The molecule has 0 radical (unpaired) electrons. The smallest absolute Gasteiger partial charge is 0.265 e. The van der Waals surface area contributed by atoms with Gasteiger partial charge in [-0.2, -0.15) is 0 Å². The number of rotatable bonds is 7. The van der Waals surface area contributed by atoms with Gasteiger partial charge in [-0.05, 0) is 42.5 Å². The van der Waals surface area contributed by atoms with E-state index >= 15 is 0 Å². The van der Waals surface area contributed by atoms with E-state index < -0.39 is 5.82 Å². The maximum atomic E-state index is 13.1. The highest BCUT2D eigenvalue weighted by molar-refractivity contribution is 7.09. The van der Waals surface area contributed by atoms with E-state index in [9.17, 15) is 14.0 Å². The summed E-state index contributed by atoms with van der Waals surface area (Å²) >= 11 is 1.54. The topological polar surface area (TPSA) is 68.7 Å². The summed E-state index contributed by atoms with van der Waals surface area (Å²) in [6.45, 7) is 0.306. The van der Waals surface area contributed by atoms with Gasteiger partial charge in [0.2, 0.25) is 0 Å². The lowest BCUT2D eigenvalue weighted by atomic mass is 10.1. The van der Waals surface area contributed by atoms with Crippen molar-refractivity contribution >= 4 is 28.7 Å². The molecule has 0 saturated carbocycles. The maximum absolute atomic E-state index is 13.1. The number of carbonyl (C=O) groups is 2. The Morgan fingerprint density at radius 2 is 2.07 bits per heavy atom. The summed E-state index contributed by atoms with van der Waals surface area (Å²) in [7, 11) is 1.65. The number of benzene rings is 2. The van der Waals surface area contributed by atoms with Gasteiger partial charge in [0.15, 0.2) is 12.4 Å². The molecule has 2 heterocycles. The molecule has 0 aliphatic carbocycles. The van der Waals surface area contributed by atoms with Gasteiger partial charge in [-0.1, -0.05) is 0 Å². The highest BCUT2D eigenvalue weighted by atomic mass is 32.1. The number of carbonyl (C=O) groups excluding carboxylic acids is 2. The number of hydrogen-bond acceptors (Lipinski definition) is 6. The number of nitrogens with zero attached hydrogens (tertiary/aromatic N) is 2. The Labute approximate surface area is 176 Å². The monoisotopic (exact) mass is 426 g/mol. The average molecular weight is 426 g/mol. The number of thiazole rings is 1. The van der Waals surface area contributed by atoms with Crippen LogP contribution in [0.1, 0.15) is 15.4 Å². The SMILES string of the molecule is COCCc1nc(-c2ccc3c(c2)N(CC(=O)c2ccc(F)cc2)C(=O)CO3)cs1. The van der Waals surface area contributed by atoms with Gasteiger partial charge in [0.05, 0.1) is 29.5 Å². The number of amides is 1. The van der Waals surface area contributed by atoms with Crippen LogP contribution in [0.4, 0.5) is 10.1 Å². The highest BCUT2D eigenvalue weighted by Gasteiger charge is 2.28. The molecule has 30 heavy (non-hydrogen) atoms. The molecule has 6 nitrogen and oxygen atoms in total. The minimum Gasteiger partial charge on any atom is -0.482 e. The molecule has 0 N–H and O–H groups in total. The van der Waals surface area contributed by atoms with Crippen molar-refractivity contribution in [3.8, 4) is 17.0 Å². The van der Waals surface area contributed by atoms with E-state index in [-0.39, 0.29) is 24.8 Å². The zero-order valence-corrected chi connectivity index (χ0v) is 17.1. The molecular formula is C22H19FN2O4S. The summed E-state index contributed by atoms with van der Waals surface area (Å²) < 4.78 is 23.8. The van der Waals surface area contributed by atoms with Crippen molar-refractivity contribution in [1.82, 2.24) is 4.98 Å². The summed E-state index contributed by atoms with van der Waals surface area (Å²) in [5.74, 6) is -0.483. The average Bonchev–Trinajstić information content (AvgIpc) is 3.23. The lowest BCUT2D eigenvalue weighted by Gasteiger charge is -2.29. The molecule has 0 fully saturated rings. The second-order valence-corrected chi connectivity index (χ2v) is 7.69. The Kier molecular flexibility index (Phi) is 5.87. The van der Waals surface area contributed by atoms with E-state index in [0.29, 0.717) is 23.6 Å². The van der Waals surface area contributed by atoms with Gasteiger partial charge < -0.3 is 9.47 Å². The predicted octanol–water partition coefficient (Wildman–Crippen LogP) is 3.75. The summed E-state index contributed by atoms with van der Waals surface area (Å²) in [5.41, 5.74) is 2.48. The Balaban J connectivity index is 1.61. The Morgan fingerprint density at radius 1 is 1.27 bits per heavy atom. The minimum absolute atomic E-state index is 0.138. The molecular weight excluding hydrogens is 407 g/mol. The molecule has 154 valence electrons. The third-order valence-corrected chi connectivity index (χ3v) is 5.65. The number of ketones is 1. The molecule has 0 unspecified atom stereocenters. The van der Waals surface area contributed by atoms with Gasteiger partial charge in [-0.15, -0.1) is 11.3 Å². The molecule has 0 atom stereocenters. The first kappa shape index (κ1) is 20.2. The summed E-state index contributed by atoms with van der Waals surface area (Å²) in [6, 6.07) is 10.7. The number of hydrogen-bond donors (Lipinski definition) is 0. The van der Waals surface area contributed by atoms with Crippen molar-refractivity contribution in [2.75, 3.05) is 31.8 Å². The molecule has 1 aliphatic rings. The maximum Gasteiger partial charge on any atom is 0.265 e. The second-order valence-electron chi connectivity index (χ2n) is 6.75. The molecule has 0 bridgehead atoms. The van der Waals surface area contributed by atoms with Crippen molar-refractivity contribution in [3.63, 3.8) is 0 Å². The summed E-state index contributed by atoms with van der Waals surface area (Å²) in [6.07, 6.45) is 0.728. The van der Waals surface area contributed by atoms with Crippen molar-refractivity contribution in [1.29, 1.82) is 0 Å². The molecule has 0 saturated heterocycles. The molecule has 1 aliphatic heterocycles. The molecule has 8 heteroatoms. The van der Waals surface area contributed by atoms with Crippen LogP contribution in [-0.4, -0.2) is 43.5 Å². The van der Waals surface area contributed by atoms with Gasteiger partial charge >= 0.3 is 0 Å². The van der Waals surface area contributed by atoms with Gasteiger partial charge in [0.25, 0.3) is 5.91 Å². The summed E-state index contributed by atoms with van der Waals surface area (Å²) in [4.78, 5) is 31.2. The van der Waals surface area contributed by atoms with Crippen LogP contribution >= 0.6 is 11.3 Å². The first-order chi connectivity index (χ1) is 14.5. The van der Waals surface area contributed by atoms with Crippen molar-refractivity contribution in [2.45, 2.75) is 6.42 Å². The molecule has 1 amide bonds. The van der Waals surface area contributed by atoms with E-state index in [2.05, 4.69) is 4.98 Å². The quantitative estimate of drug-likeness (QED) is 0.539. The molecule has 4 rings (SSSR count). The first-order valence-corrected chi connectivity index (χ1v) is 10.2. The van der Waals surface area contributed by atoms with E-state index in [1.54, 1.807) is 30.6 Å². The second kappa shape index (κ2) is 8.73. The third-order valence-electron chi connectivity index (χ3n) is 4.74. The Hall–Kier alpha value is -3.10. The zero-order valence-electron chi connectivity index (χ0n) is 16.3. The lowest BCUT2D eigenvalue weighted by Crippen LogP contribution is -2.42. The van der Waals surface area contributed by atoms with Crippen LogP contribution in [0.5, 0.6) is 5.75 Å². The third kappa shape index (κ3) is 4.24. The lowest BCUT2D eigenvalue weighted by molar-refractivity contribution is -0.121. The fourth-order valence-electron chi connectivity index (χ4n) is 3.15. The van der Waals surface area contributed by atoms with Crippen LogP contribution in [0.2, 0.25) is 0 Å². The van der Waals surface area contributed by atoms with Gasteiger partial charge in [-0.3, -0.25) is 14.5 Å². The van der Waals surface area contributed by atoms with E-state index in [1.807, 2.05) is 11.4 Å². The molecule has 0 spiro atoms. The number of aromatic nitrogens is 1. The van der Waals surface area contributed by atoms with Crippen LogP contribution in [0.15, 0.2) is 47.8 Å². The van der Waals surface area contributed by atoms with Gasteiger partial charge in [-0.25, -0.2) is 9.37 Å². The van der Waals surface area contributed by atoms with E-state index in [0.717, 1.165) is 22.7 Å². The van der Waals surface area contributed by atoms with Crippen molar-refractivity contribution < 1.29 is 23.5 Å². The van der Waals surface area contributed by atoms with E-state index in [1.165, 1.54) is 29.2 Å². The highest BCUT2D eigenvalue weighted by Crippen LogP contribution is 2.36. The number of methoxy groups -OCH3 is 1.